The summed E-state index contributed by atoms with van der Waals surface area (Å²) in [6, 6.07) is 0. The van der Waals surface area contributed by atoms with E-state index < -0.39 is 0 Å². The maximum Gasteiger partial charge on any atom is 0.0702 e. The summed E-state index contributed by atoms with van der Waals surface area (Å²) in [6.45, 7) is 7.56. The van der Waals surface area contributed by atoms with Crippen LogP contribution in [0.25, 0.3) is 0 Å². The van der Waals surface area contributed by atoms with E-state index in [0.29, 0.717) is 11.5 Å². The first-order chi connectivity index (χ1) is 8.28. The predicted molar refractivity (Wildman–Crippen MR) is 71.0 cm³/mol. The highest BCUT2D eigenvalue weighted by Crippen LogP contribution is 2.42. The molecule has 1 saturated heterocycles. The predicted octanol–water partition coefficient (Wildman–Crippen LogP) is 2.01. The Morgan fingerprint density at radius 1 is 1.35 bits per heavy atom. The molecule has 0 aromatic rings. The lowest BCUT2D eigenvalue weighted by Crippen LogP contribution is -2.42. The van der Waals surface area contributed by atoms with E-state index in [9.17, 15) is 0 Å². The highest BCUT2D eigenvalue weighted by atomic mass is 16.5. The highest BCUT2D eigenvalue weighted by Gasteiger charge is 2.35. The summed E-state index contributed by atoms with van der Waals surface area (Å²) >= 11 is 0. The minimum atomic E-state index is 0.490. The third kappa shape index (κ3) is 3.43. The first-order valence-corrected chi connectivity index (χ1v) is 7.32. The third-order valence-corrected chi connectivity index (χ3v) is 4.74. The zero-order valence-electron chi connectivity index (χ0n) is 11.3. The SMILES string of the molecule is CCN(CCC1(CN)CCC1)CC1CCCO1. The minimum absolute atomic E-state index is 0.490. The fraction of sp³-hybridized carbons (Fsp3) is 1.00. The van der Waals surface area contributed by atoms with Gasteiger partial charge in [0.25, 0.3) is 0 Å². The molecular formula is C14H28N2O. The van der Waals surface area contributed by atoms with Crippen LogP contribution in [0, 0.1) is 5.41 Å². The Morgan fingerprint density at radius 2 is 2.18 bits per heavy atom. The van der Waals surface area contributed by atoms with Gasteiger partial charge >= 0.3 is 0 Å². The maximum absolute atomic E-state index is 5.92. The van der Waals surface area contributed by atoms with Crippen molar-refractivity contribution in [2.75, 3.05) is 32.8 Å². The van der Waals surface area contributed by atoms with E-state index in [0.717, 1.165) is 26.2 Å². The first kappa shape index (κ1) is 13.3. The van der Waals surface area contributed by atoms with Gasteiger partial charge in [-0.2, -0.15) is 0 Å². The molecule has 1 saturated carbocycles. The van der Waals surface area contributed by atoms with Crippen LogP contribution in [0.3, 0.4) is 0 Å². The topological polar surface area (TPSA) is 38.5 Å². The zero-order chi connectivity index (χ0) is 12.1. The summed E-state index contributed by atoms with van der Waals surface area (Å²) in [7, 11) is 0. The Kier molecular flexibility index (Phi) is 4.83. The largest absolute Gasteiger partial charge is 0.377 e. The van der Waals surface area contributed by atoms with Crippen LogP contribution in [0.2, 0.25) is 0 Å². The quantitative estimate of drug-likeness (QED) is 0.740. The molecule has 3 heteroatoms. The number of rotatable bonds is 7. The Bertz CT molecular complexity index is 217. The molecule has 1 unspecified atom stereocenters. The van der Waals surface area contributed by atoms with Crippen molar-refractivity contribution in [3.05, 3.63) is 0 Å². The second kappa shape index (κ2) is 6.17. The highest BCUT2D eigenvalue weighted by molar-refractivity contribution is 4.89. The van der Waals surface area contributed by atoms with Crippen molar-refractivity contribution >= 4 is 0 Å². The molecule has 0 radical (unpaired) electrons. The average Bonchev–Trinajstić information content (AvgIpc) is 2.79. The summed E-state index contributed by atoms with van der Waals surface area (Å²) in [6.07, 6.45) is 8.35. The third-order valence-electron chi connectivity index (χ3n) is 4.74. The van der Waals surface area contributed by atoms with Gasteiger partial charge < -0.3 is 15.4 Å². The van der Waals surface area contributed by atoms with Crippen molar-refractivity contribution in [3.63, 3.8) is 0 Å². The molecule has 2 aliphatic rings. The van der Waals surface area contributed by atoms with Crippen LogP contribution >= 0.6 is 0 Å². The fourth-order valence-corrected chi connectivity index (χ4v) is 3.08. The molecule has 3 nitrogen and oxygen atoms in total. The summed E-state index contributed by atoms with van der Waals surface area (Å²) in [5.41, 5.74) is 6.41. The molecule has 0 spiro atoms. The standard InChI is InChI=1S/C14H28N2O/c1-2-16(11-13-5-3-10-17-13)9-8-14(12-15)6-4-7-14/h13H,2-12,15H2,1H3. The maximum atomic E-state index is 5.92. The minimum Gasteiger partial charge on any atom is -0.377 e. The van der Waals surface area contributed by atoms with Crippen LogP contribution in [0.4, 0.5) is 0 Å². The van der Waals surface area contributed by atoms with Crippen LogP contribution in [0.5, 0.6) is 0 Å². The summed E-state index contributed by atoms with van der Waals surface area (Å²) in [4.78, 5) is 2.55. The molecule has 0 aromatic heterocycles. The van der Waals surface area contributed by atoms with Crippen LogP contribution in [-0.2, 0) is 4.74 Å². The van der Waals surface area contributed by atoms with E-state index in [-0.39, 0.29) is 0 Å². The molecule has 1 aliphatic heterocycles. The van der Waals surface area contributed by atoms with Gasteiger partial charge in [0.05, 0.1) is 6.10 Å². The molecule has 0 aromatic carbocycles. The lowest BCUT2D eigenvalue weighted by molar-refractivity contribution is 0.0586. The van der Waals surface area contributed by atoms with Crippen molar-refractivity contribution in [3.8, 4) is 0 Å². The molecular weight excluding hydrogens is 212 g/mol. The fourth-order valence-electron chi connectivity index (χ4n) is 3.08. The smallest absolute Gasteiger partial charge is 0.0702 e. The number of hydrogen-bond acceptors (Lipinski definition) is 3. The van der Waals surface area contributed by atoms with Gasteiger partial charge in [-0.25, -0.2) is 0 Å². The molecule has 2 rings (SSSR count). The van der Waals surface area contributed by atoms with Gasteiger partial charge in [0.2, 0.25) is 0 Å². The van der Waals surface area contributed by atoms with Crippen molar-refractivity contribution < 1.29 is 4.74 Å². The molecule has 1 atom stereocenters. The second-order valence-corrected chi connectivity index (χ2v) is 5.84. The van der Waals surface area contributed by atoms with Gasteiger partial charge in [-0.3, -0.25) is 0 Å². The van der Waals surface area contributed by atoms with E-state index in [1.807, 2.05) is 0 Å². The molecule has 2 fully saturated rings. The monoisotopic (exact) mass is 240 g/mol. The number of hydrogen-bond donors (Lipinski definition) is 1. The van der Waals surface area contributed by atoms with E-state index in [2.05, 4.69) is 11.8 Å². The van der Waals surface area contributed by atoms with Gasteiger partial charge in [-0.15, -0.1) is 0 Å². The molecule has 1 aliphatic carbocycles. The number of likely N-dealkylation sites (N-methyl/N-ethyl adjacent to an activating group) is 1. The van der Waals surface area contributed by atoms with Crippen molar-refractivity contribution in [1.82, 2.24) is 4.90 Å². The number of nitrogens with two attached hydrogens (primary N) is 1. The van der Waals surface area contributed by atoms with E-state index in [1.165, 1.54) is 45.1 Å². The Morgan fingerprint density at radius 3 is 2.65 bits per heavy atom. The van der Waals surface area contributed by atoms with Crippen LogP contribution in [-0.4, -0.2) is 43.8 Å². The molecule has 1 heterocycles. The number of ether oxygens (including phenoxy) is 1. The van der Waals surface area contributed by atoms with Gasteiger partial charge in [0, 0.05) is 13.2 Å². The van der Waals surface area contributed by atoms with Crippen molar-refractivity contribution in [1.29, 1.82) is 0 Å². The molecule has 17 heavy (non-hydrogen) atoms. The van der Waals surface area contributed by atoms with Crippen LogP contribution < -0.4 is 5.73 Å². The van der Waals surface area contributed by atoms with Gasteiger partial charge in [0.1, 0.15) is 0 Å². The van der Waals surface area contributed by atoms with E-state index in [1.54, 1.807) is 0 Å². The van der Waals surface area contributed by atoms with Gasteiger partial charge in [-0.1, -0.05) is 13.3 Å². The number of nitrogens with zero attached hydrogens (tertiary/aromatic N) is 1. The second-order valence-electron chi connectivity index (χ2n) is 5.84. The summed E-state index contributed by atoms with van der Waals surface area (Å²) < 4.78 is 5.72. The molecule has 0 bridgehead atoms. The van der Waals surface area contributed by atoms with Crippen molar-refractivity contribution in [2.45, 2.75) is 51.6 Å². The first-order valence-electron chi connectivity index (χ1n) is 7.32. The molecule has 2 N–H and O–H groups in total. The molecule has 0 amide bonds. The summed E-state index contributed by atoms with van der Waals surface area (Å²) in [5.74, 6) is 0. The molecule has 100 valence electrons. The van der Waals surface area contributed by atoms with E-state index in [4.69, 9.17) is 10.5 Å². The summed E-state index contributed by atoms with van der Waals surface area (Å²) in [5, 5.41) is 0. The average molecular weight is 240 g/mol. The van der Waals surface area contributed by atoms with Gasteiger partial charge in [-0.05, 0) is 57.2 Å². The zero-order valence-corrected chi connectivity index (χ0v) is 11.3. The lowest BCUT2D eigenvalue weighted by Gasteiger charge is -2.42. The van der Waals surface area contributed by atoms with Crippen LogP contribution in [0.1, 0.15) is 45.4 Å². The normalized spacial score (nSPS) is 27.4. The van der Waals surface area contributed by atoms with Gasteiger partial charge in [0.15, 0.2) is 0 Å². The van der Waals surface area contributed by atoms with E-state index >= 15 is 0 Å². The van der Waals surface area contributed by atoms with Crippen LogP contribution in [0.15, 0.2) is 0 Å². The van der Waals surface area contributed by atoms with Crippen molar-refractivity contribution in [2.24, 2.45) is 11.1 Å². The lowest BCUT2D eigenvalue weighted by atomic mass is 9.66. The Hall–Kier alpha value is -0.120. The Balaban J connectivity index is 1.71. The Labute approximate surface area is 106 Å².